The number of hydrogen-bond acceptors (Lipinski definition) is 4. The molecule has 1 N–H and O–H groups in total. The van der Waals surface area contributed by atoms with Crippen molar-refractivity contribution in [3.05, 3.63) is 65.2 Å². The van der Waals surface area contributed by atoms with E-state index in [1.165, 1.54) is 6.07 Å². The molecule has 4 rings (SSSR count). The monoisotopic (exact) mass is 384 g/mol. The van der Waals surface area contributed by atoms with Gasteiger partial charge in [-0.25, -0.2) is 8.78 Å². The number of carbonyl (C=O) groups excluding carboxylic acids is 2. The summed E-state index contributed by atoms with van der Waals surface area (Å²) in [5.41, 5.74) is 3.00. The quantitative estimate of drug-likeness (QED) is 0.499. The minimum absolute atomic E-state index is 0.249. The zero-order valence-electron chi connectivity index (χ0n) is 15.0. The van der Waals surface area contributed by atoms with Crippen LogP contribution in [0.25, 0.3) is 0 Å². The molecule has 0 saturated carbocycles. The summed E-state index contributed by atoms with van der Waals surface area (Å²) in [5, 5.41) is 2.78. The summed E-state index contributed by atoms with van der Waals surface area (Å²) in [7, 11) is 0. The Morgan fingerprint density at radius 1 is 1.07 bits per heavy atom. The summed E-state index contributed by atoms with van der Waals surface area (Å²) < 4.78 is 31.6. The number of ether oxygens (including phenoxy) is 1. The maximum Gasteiger partial charge on any atom is 0.315 e. The lowest BCUT2D eigenvalue weighted by molar-refractivity contribution is -0.131. The fourth-order valence-corrected chi connectivity index (χ4v) is 3.43. The molecule has 0 aliphatic carbocycles. The molecule has 0 aromatic heterocycles. The topological polar surface area (TPSA) is 58.6 Å². The largest absolute Gasteiger partial charge is 0.426 e. The minimum Gasteiger partial charge on any atom is -0.426 e. The second-order valence-corrected chi connectivity index (χ2v) is 6.85. The molecular weight excluding hydrogens is 366 g/mol. The predicted octanol–water partition coefficient (Wildman–Crippen LogP) is 3.59. The highest BCUT2D eigenvalue weighted by Gasteiger charge is 2.21. The van der Waals surface area contributed by atoms with Crippen molar-refractivity contribution in [2.75, 3.05) is 23.3 Å². The average Bonchev–Trinajstić information content (AvgIpc) is 3.04. The molecule has 2 aromatic carbocycles. The van der Waals surface area contributed by atoms with E-state index in [4.69, 9.17) is 4.74 Å². The van der Waals surface area contributed by atoms with E-state index in [-0.39, 0.29) is 18.3 Å². The highest BCUT2D eigenvalue weighted by atomic mass is 19.2. The summed E-state index contributed by atoms with van der Waals surface area (Å²) in [6, 6.07) is 9.02. The molecule has 1 saturated heterocycles. The van der Waals surface area contributed by atoms with Gasteiger partial charge in [-0.05, 0) is 31.0 Å². The Morgan fingerprint density at radius 2 is 1.86 bits per heavy atom. The third kappa shape index (κ3) is 3.88. The van der Waals surface area contributed by atoms with Gasteiger partial charge in [-0.1, -0.05) is 11.6 Å². The molecule has 2 aliphatic heterocycles. The van der Waals surface area contributed by atoms with Crippen LogP contribution >= 0.6 is 0 Å². The fourth-order valence-electron chi connectivity index (χ4n) is 3.43. The second kappa shape index (κ2) is 7.42. The van der Waals surface area contributed by atoms with E-state index in [2.05, 4.69) is 5.32 Å². The number of esters is 1. The van der Waals surface area contributed by atoms with Gasteiger partial charge in [0.25, 0.3) is 0 Å². The van der Waals surface area contributed by atoms with Crippen LogP contribution in [0.15, 0.2) is 48.0 Å². The smallest absolute Gasteiger partial charge is 0.315 e. The molecule has 5 nitrogen and oxygen atoms in total. The van der Waals surface area contributed by atoms with Crippen LogP contribution in [0, 0.1) is 11.6 Å². The second-order valence-electron chi connectivity index (χ2n) is 6.85. The Morgan fingerprint density at radius 3 is 2.61 bits per heavy atom. The lowest BCUT2D eigenvalue weighted by atomic mass is 10.0. The molecule has 1 fully saturated rings. The van der Waals surface area contributed by atoms with Crippen LogP contribution in [0.4, 0.5) is 20.2 Å². The molecule has 0 atom stereocenters. The summed E-state index contributed by atoms with van der Waals surface area (Å²) in [6.45, 7) is 1.25. The Labute approximate surface area is 160 Å². The third-order valence-corrected chi connectivity index (χ3v) is 4.90. The molecule has 0 bridgehead atoms. The number of benzene rings is 2. The van der Waals surface area contributed by atoms with Crippen LogP contribution in [-0.2, 0) is 16.0 Å². The van der Waals surface area contributed by atoms with Crippen molar-refractivity contribution in [2.45, 2.75) is 19.3 Å². The summed E-state index contributed by atoms with van der Waals surface area (Å²) >= 11 is 0. The van der Waals surface area contributed by atoms with Gasteiger partial charge in [-0.3, -0.25) is 9.59 Å². The molecule has 0 unspecified atom stereocenters. The van der Waals surface area contributed by atoms with E-state index in [1.807, 2.05) is 4.90 Å². The Bertz CT molecular complexity index is 978. The van der Waals surface area contributed by atoms with E-state index in [0.717, 1.165) is 17.2 Å². The molecule has 144 valence electrons. The van der Waals surface area contributed by atoms with Crippen LogP contribution in [0.1, 0.15) is 18.4 Å². The number of hydrogen-bond donors (Lipinski definition) is 1. The fraction of sp³-hybridized carbons (Fsp3) is 0.238. The van der Waals surface area contributed by atoms with Gasteiger partial charge in [0.1, 0.15) is 5.75 Å². The first-order valence-corrected chi connectivity index (χ1v) is 9.02. The Balaban J connectivity index is 1.35. The number of carbonyl (C=O) groups is 2. The summed E-state index contributed by atoms with van der Waals surface area (Å²) in [5.74, 6) is -1.79. The standard InChI is InChI=1S/C21H18F2N2O3/c22-17-4-3-16(12-18(17)23)25-7-5-13(6-8-25)9-20(26)24-15-2-1-14-10-21(27)28-19(14)11-15/h1-4,9,11-12H,5-8,10H2,(H,24,26). The SMILES string of the molecule is O=C(C=C1CCN(c2ccc(F)c(F)c2)CC1)Nc1ccc2c(c1)OC(=O)C2. The van der Waals surface area contributed by atoms with Gasteiger partial charge < -0.3 is 15.0 Å². The van der Waals surface area contributed by atoms with Crippen LogP contribution < -0.4 is 15.0 Å². The van der Waals surface area contributed by atoms with E-state index < -0.39 is 11.6 Å². The number of rotatable bonds is 3. The first kappa shape index (κ1) is 18.2. The van der Waals surface area contributed by atoms with E-state index in [0.29, 0.717) is 43.1 Å². The first-order chi connectivity index (χ1) is 13.5. The molecule has 7 heteroatoms. The molecule has 1 amide bonds. The predicted molar refractivity (Wildman–Crippen MR) is 100 cm³/mol. The molecular formula is C21H18F2N2O3. The van der Waals surface area contributed by atoms with E-state index in [1.54, 1.807) is 30.3 Å². The number of amides is 1. The van der Waals surface area contributed by atoms with Gasteiger partial charge in [-0.2, -0.15) is 0 Å². The van der Waals surface area contributed by atoms with Crippen molar-refractivity contribution >= 4 is 23.3 Å². The molecule has 2 aromatic rings. The van der Waals surface area contributed by atoms with Gasteiger partial charge >= 0.3 is 5.97 Å². The number of nitrogens with one attached hydrogen (secondary N) is 1. The zero-order valence-corrected chi connectivity index (χ0v) is 15.0. The number of halogens is 2. The third-order valence-electron chi connectivity index (χ3n) is 4.90. The van der Waals surface area contributed by atoms with Gasteiger partial charge in [0.15, 0.2) is 11.6 Å². The average molecular weight is 384 g/mol. The normalized spacial score (nSPS) is 15.9. The number of fused-ring (bicyclic) bond motifs is 1. The van der Waals surface area contributed by atoms with Gasteiger partial charge in [-0.15, -0.1) is 0 Å². The van der Waals surface area contributed by atoms with Crippen LogP contribution in [0.2, 0.25) is 0 Å². The van der Waals surface area contributed by atoms with Crippen molar-refractivity contribution in [3.8, 4) is 5.75 Å². The van der Waals surface area contributed by atoms with Crippen molar-refractivity contribution in [3.63, 3.8) is 0 Å². The van der Waals surface area contributed by atoms with E-state index >= 15 is 0 Å². The highest BCUT2D eigenvalue weighted by molar-refractivity contribution is 6.00. The van der Waals surface area contributed by atoms with Crippen molar-refractivity contribution < 1.29 is 23.1 Å². The van der Waals surface area contributed by atoms with Crippen molar-refractivity contribution in [2.24, 2.45) is 0 Å². The van der Waals surface area contributed by atoms with Crippen molar-refractivity contribution in [1.29, 1.82) is 0 Å². The molecule has 2 aliphatic rings. The highest BCUT2D eigenvalue weighted by Crippen LogP contribution is 2.29. The van der Waals surface area contributed by atoms with Gasteiger partial charge in [0.05, 0.1) is 6.42 Å². The van der Waals surface area contributed by atoms with Gasteiger partial charge in [0, 0.05) is 48.2 Å². The summed E-state index contributed by atoms with van der Waals surface area (Å²) in [4.78, 5) is 25.5. The van der Waals surface area contributed by atoms with Crippen LogP contribution in [-0.4, -0.2) is 25.0 Å². The molecule has 28 heavy (non-hydrogen) atoms. The van der Waals surface area contributed by atoms with Crippen LogP contribution in [0.3, 0.4) is 0 Å². The lowest BCUT2D eigenvalue weighted by Gasteiger charge is -2.30. The zero-order chi connectivity index (χ0) is 19.7. The minimum atomic E-state index is -0.863. The molecule has 2 heterocycles. The molecule has 0 radical (unpaired) electrons. The number of anilines is 2. The molecule has 0 spiro atoms. The first-order valence-electron chi connectivity index (χ1n) is 9.02. The van der Waals surface area contributed by atoms with Crippen LogP contribution in [0.5, 0.6) is 5.75 Å². The lowest BCUT2D eigenvalue weighted by Crippen LogP contribution is -2.31. The maximum atomic E-state index is 13.4. The number of nitrogens with zero attached hydrogens (tertiary/aromatic N) is 1. The number of piperidine rings is 1. The van der Waals surface area contributed by atoms with Crippen molar-refractivity contribution in [1.82, 2.24) is 0 Å². The van der Waals surface area contributed by atoms with E-state index in [9.17, 15) is 18.4 Å². The Hall–Kier alpha value is -3.22. The maximum absolute atomic E-state index is 13.4. The Kier molecular flexibility index (Phi) is 4.81. The summed E-state index contributed by atoms with van der Waals surface area (Å²) in [6.07, 6.45) is 3.15. The van der Waals surface area contributed by atoms with Gasteiger partial charge in [0.2, 0.25) is 5.91 Å².